The number of nitrogens with one attached hydrogen (secondary N) is 4. The van der Waals surface area contributed by atoms with Gasteiger partial charge in [-0.2, -0.15) is 0 Å². The van der Waals surface area contributed by atoms with E-state index >= 15 is 0 Å². The van der Waals surface area contributed by atoms with Gasteiger partial charge >= 0.3 is 0 Å². The van der Waals surface area contributed by atoms with Crippen molar-refractivity contribution in [1.82, 2.24) is 19.9 Å². The lowest BCUT2D eigenvalue weighted by atomic mass is 10.1. The standard InChI is InChI=1S/C12H7BrClN3O.C12H8FN3O/c13-10-2-6(14)1-8-9(12(18)17-11(8)10)3-7-4-15-5-16-7;13-7-1-2-11-9(3-7)10(12(17)16-11)4-8-5-14-6-15-8/h1-5H,(H,15,16)(H,17,18);1-6H,(H,14,15)(H,16,17)/b9-3+;10-4+. The van der Waals surface area contributed by atoms with Crippen LogP contribution < -0.4 is 10.6 Å². The van der Waals surface area contributed by atoms with Crippen molar-refractivity contribution < 1.29 is 14.0 Å². The summed E-state index contributed by atoms with van der Waals surface area (Å²) in [6.07, 6.45) is 9.72. The molecule has 0 saturated heterocycles. The summed E-state index contributed by atoms with van der Waals surface area (Å²) in [5, 5.41) is 6.06. The predicted octanol–water partition coefficient (Wildman–Crippen LogP) is 5.36. The molecule has 2 amide bonds. The molecule has 2 aromatic heterocycles. The average molecular weight is 554 g/mol. The van der Waals surface area contributed by atoms with Gasteiger partial charge in [0.1, 0.15) is 5.82 Å². The molecule has 0 saturated carbocycles. The van der Waals surface area contributed by atoms with Crippen LogP contribution in [0.1, 0.15) is 22.5 Å². The van der Waals surface area contributed by atoms with Crippen LogP contribution in [0.25, 0.3) is 23.3 Å². The van der Waals surface area contributed by atoms with Crippen molar-refractivity contribution in [2.24, 2.45) is 0 Å². The highest BCUT2D eigenvalue weighted by Crippen LogP contribution is 2.40. The SMILES string of the molecule is O=C1Nc2c(Br)cc(Cl)cc2/C1=C\c1cnc[nH]1.O=C1Nc2ccc(F)cc2/C1=C\c1cnc[nH]1. The van der Waals surface area contributed by atoms with E-state index in [4.69, 9.17) is 11.6 Å². The lowest BCUT2D eigenvalue weighted by Gasteiger charge is -2.02. The number of carbonyl (C=O) groups is 2. The Kier molecular flexibility index (Phi) is 6.06. The van der Waals surface area contributed by atoms with E-state index in [1.807, 2.05) is 0 Å². The Hall–Kier alpha value is -4.02. The number of anilines is 2. The summed E-state index contributed by atoms with van der Waals surface area (Å²) < 4.78 is 13.9. The molecule has 8 nitrogen and oxygen atoms in total. The lowest BCUT2D eigenvalue weighted by Crippen LogP contribution is -2.03. The second-order valence-corrected chi connectivity index (χ2v) is 8.83. The zero-order valence-corrected chi connectivity index (χ0v) is 20.0. The molecule has 2 aliphatic heterocycles. The number of hydrogen-bond acceptors (Lipinski definition) is 4. The summed E-state index contributed by atoms with van der Waals surface area (Å²) >= 11 is 9.39. The van der Waals surface area contributed by atoms with Gasteiger partial charge in [0, 0.05) is 26.3 Å². The highest BCUT2D eigenvalue weighted by molar-refractivity contribution is 9.10. The maximum Gasteiger partial charge on any atom is 0.256 e. The lowest BCUT2D eigenvalue weighted by molar-refractivity contribution is -0.111. The molecule has 174 valence electrons. The van der Waals surface area contributed by atoms with E-state index < -0.39 is 0 Å². The van der Waals surface area contributed by atoms with E-state index in [0.717, 1.165) is 21.4 Å². The van der Waals surface area contributed by atoms with Crippen LogP contribution in [-0.2, 0) is 9.59 Å². The number of H-pyrrole nitrogens is 2. The molecule has 4 N–H and O–H groups in total. The Balaban J connectivity index is 0.000000145. The minimum atomic E-state index is -0.365. The van der Waals surface area contributed by atoms with E-state index in [2.05, 4.69) is 46.5 Å². The van der Waals surface area contributed by atoms with Gasteiger partial charge < -0.3 is 20.6 Å². The minimum Gasteiger partial charge on any atom is -0.345 e. The first kappa shape index (κ1) is 22.8. The highest BCUT2D eigenvalue weighted by Gasteiger charge is 2.27. The van der Waals surface area contributed by atoms with Crippen LogP contribution in [0.4, 0.5) is 15.8 Å². The second-order valence-electron chi connectivity index (χ2n) is 7.54. The van der Waals surface area contributed by atoms with E-state index in [9.17, 15) is 14.0 Å². The van der Waals surface area contributed by atoms with Crippen molar-refractivity contribution in [1.29, 1.82) is 0 Å². The Labute approximate surface area is 211 Å². The summed E-state index contributed by atoms with van der Waals surface area (Å²) in [5.74, 6) is -0.751. The van der Waals surface area contributed by atoms with Gasteiger partial charge in [-0.3, -0.25) is 9.59 Å². The molecule has 4 heterocycles. The minimum absolute atomic E-state index is 0.150. The van der Waals surface area contributed by atoms with E-state index in [0.29, 0.717) is 33.1 Å². The Morgan fingerprint density at radius 3 is 2.11 bits per heavy atom. The quantitative estimate of drug-likeness (QED) is 0.250. The first-order valence-corrected chi connectivity index (χ1v) is 11.4. The third kappa shape index (κ3) is 4.66. The van der Waals surface area contributed by atoms with E-state index in [-0.39, 0.29) is 17.6 Å². The van der Waals surface area contributed by atoms with Crippen LogP contribution in [0.15, 0.2) is 59.9 Å². The van der Waals surface area contributed by atoms with Crippen LogP contribution in [0.5, 0.6) is 0 Å². The average Bonchev–Trinajstić information content (AvgIpc) is 3.61. The van der Waals surface area contributed by atoms with Gasteiger partial charge in [-0.15, -0.1) is 0 Å². The molecular weight excluding hydrogens is 539 g/mol. The number of aromatic nitrogens is 4. The number of rotatable bonds is 2. The van der Waals surface area contributed by atoms with Crippen molar-refractivity contribution in [2.45, 2.75) is 0 Å². The van der Waals surface area contributed by atoms with Gasteiger partial charge in [0.2, 0.25) is 0 Å². The second kappa shape index (κ2) is 9.32. The zero-order chi connectivity index (χ0) is 24.5. The van der Waals surface area contributed by atoms with Gasteiger partial charge in [0.25, 0.3) is 11.8 Å². The Morgan fingerprint density at radius 1 is 0.857 bits per heavy atom. The van der Waals surface area contributed by atoms with Crippen molar-refractivity contribution in [3.63, 3.8) is 0 Å². The summed E-state index contributed by atoms with van der Waals surface area (Å²) in [6.45, 7) is 0. The maximum absolute atomic E-state index is 13.2. The summed E-state index contributed by atoms with van der Waals surface area (Å²) in [6, 6.07) is 7.73. The highest BCUT2D eigenvalue weighted by atomic mass is 79.9. The van der Waals surface area contributed by atoms with Crippen LogP contribution >= 0.6 is 27.5 Å². The topological polar surface area (TPSA) is 116 Å². The molecular formula is C24H15BrClFN6O2. The molecule has 4 aromatic rings. The number of nitrogens with zero attached hydrogens (tertiary/aromatic N) is 2. The Morgan fingerprint density at radius 2 is 1.49 bits per heavy atom. The van der Waals surface area contributed by atoms with Gasteiger partial charge in [-0.1, -0.05) is 11.6 Å². The fourth-order valence-electron chi connectivity index (χ4n) is 3.67. The number of carbonyl (C=O) groups excluding carboxylic acids is 2. The van der Waals surface area contributed by atoms with Crippen molar-refractivity contribution in [3.05, 3.63) is 93.2 Å². The number of aromatic amines is 2. The van der Waals surface area contributed by atoms with Gasteiger partial charge in [-0.05, 0) is 58.4 Å². The fraction of sp³-hybridized carbons (Fsp3) is 0. The molecule has 6 rings (SSSR count). The molecule has 0 radical (unpaired) electrons. The van der Waals surface area contributed by atoms with Crippen LogP contribution in [-0.4, -0.2) is 31.8 Å². The summed E-state index contributed by atoms with van der Waals surface area (Å²) in [5.41, 5.74) is 5.20. The first-order valence-electron chi connectivity index (χ1n) is 10.2. The van der Waals surface area contributed by atoms with Crippen LogP contribution in [0, 0.1) is 5.82 Å². The molecule has 35 heavy (non-hydrogen) atoms. The third-order valence-corrected chi connectivity index (χ3v) is 6.08. The van der Waals surface area contributed by atoms with Crippen molar-refractivity contribution in [2.75, 3.05) is 10.6 Å². The van der Waals surface area contributed by atoms with E-state index in [1.54, 1.807) is 49.1 Å². The molecule has 0 atom stereocenters. The summed E-state index contributed by atoms with van der Waals surface area (Å²) in [7, 11) is 0. The summed E-state index contributed by atoms with van der Waals surface area (Å²) in [4.78, 5) is 37.2. The van der Waals surface area contributed by atoms with Crippen LogP contribution in [0.2, 0.25) is 5.02 Å². The largest absolute Gasteiger partial charge is 0.345 e. The fourth-order valence-corrected chi connectivity index (χ4v) is 4.57. The number of amides is 2. The molecule has 2 aliphatic rings. The maximum atomic E-state index is 13.2. The smallest absolute Gasteiger partial charge is 0.256 e. The van der Waals surface area contributed by atoms with Crippen molar-refractivity contribution in [3.8, 4) is 0 Å². The third-order valence-electron chi connectivity index (χ3n) is 5.23. The number of halogens is 3. The molecule has 0 aliphatic carbocycles. The Bertz CT molecular complexity index is 1510. The van der Waals surface area contributed by atoms with Crippen molar-refractivity contribution >= 4 is 74.0 Å². The molecule has 0 bridgehead atoms. The van der Waals surface area contributed by atoms with Gasteiger partial charge in [-0.25, -0.2) is 14.4 Å². The number of imidazole rings is 2. The monoisotopic (exact) mass is 552 g/mol. The molecule has 2 aromatic carbocycles. The number of hydrogen-bond donors (Lipinski definition) is 4. The van der Waals surface area contributed by atoms with Crippen LogP contribution in [0.3, 0.4) is 0 Å². The molecule has 0 spiro atoms. The number of fused-ring (bicyclic) bond motifs is 2. The first-order chi connectivity index (χ1) is 16.9. The molecule has 11 heteroatoms. The molecule has 0 unspecified atom stereocenters. The van der Waals surface area contributed by atoms with Gasteiger partial charge in [0.05, 0.1) is 53.3 Å². The number of benzene rings is 2. The van der Waals surface area contributed by atoms with Gasteiger partial charge in [0.15, 0.2) is 0 Å². The molecule has 0 fully saturated rings. The predicted molar refractivity (Wildman–Crippen MR) is 136 cm³/mol. The zero-order valence-electron chi connectivity index (χ0n) is 17.7. The van der Waals surface area contributed by atoms with E-state index in [1.165, 1.54) is 18.5 Å². The normalized spacial score (nSPS) is 16.0.